The van der Waals surface area contributed by atoms with Crippen molar-refractivity contribution in [3.8, 4) is 5.75 Å². The molecule has 1 aliphatic rings. The number of likely N-dealkylation sites (tertiary alicyclic amines) is 1. The number of hydrogen-bond acceptors (Lipinski definition) is 6. The second-order valence-corrected chi connectivity index (χ2v) is 9.67. The third-order valence-electron chi connectivity index (χ3n) is 5.94. The van der Waals surface area contributed by atoms with E-state index in [1.807, 2.05) is 47.6 Å². The molecule has 1 saturated heterocycles. The first-order valence-corrected chi connectivity index (χ1v) is 12.8. The highest BCUT2D eigenvalue weighted by atomic mass is 35.5. The molecule has 4 rings (SSSR count). The number of hydrogen-bond donors (Lipinski definition) is 1. The van der Waals surface area contributed by atoms with Crippen LogP contribution in [0.3, 0.4) is 0 Å². The summed E-state index contributed by atoms with van der Waals surface area (Å²) in [4.78, 5) is 27.7. The number of halogens is 1. The number of nitrogens with zero attached hydrogens (tertiary/aromatic N) is 4. The Bertz CT molecular complexity index is 1210. The summed E-state index contributed by atoms with van der Waals surface area (Å²) in [6.45, 7) is 5.33. The van der Waals surface area contributed by atoms with Crippen LogP contribution in [-0.4, -0.2) is 50.9 Å². The molecule has 2 heterocycles. The summed E-state index contributed by atoms with van der Waals surface area (Å²) in [5.41, 5.74) is 2.30. The maximum absolute atomic E-state index is 13.2. The van der Waals surface area contributed by atoms with E-state index in [1.54, 1.807) is 18.2 Å². The van der Waals surface area contributed by atoms with Gasteiger partial charge in [0.25, 0.3) is 5.91 Å². The van der Waals surface area contributed by atoms with Crippen LogP contribution >= 0.6 is 23.4 Å². The quantitative estimate of drug-likeness (QED) is 0.427. The van der Waals surface area contributed by atoms with Gasteiger partial charge in [0.1, 0.15) is 5.75 Å². The Morgan fingerprint density at radius 1 is 1.20 bits per heavy atom. The highest BCUT2D eigenvalue weighted by molar-refractivity contribution is 7.99. The van der Waals surface area contributed by atoms with E-state index in [0.717, 1.165) is 24.2 Å². The minimum Gasteiger partial charge on any atom is -0.495 e. The first-order valence-electron chi connectivity index (χ1n) is 11.5. The van der Waals surface area contributed by atoms with E-state index in [9.17, 15) is 9.59 Å². The maximum atomic E-state index is 13.2. The summed E-state index contributed by atoms with van der Waals surface area (Å²) in [5.74, 6) is 1.23. The summed E-state index contributed by atoms with van der Waals surface area (Å²) in [7, 11) is 1.54. The third kappa shape index (κ3) is 5.62. The van der Waals surface area contributed by atoms with Crippen molar-refractivity contribution in [3.05, 3.63) is 64.4 Å². The van der Waals surface area contributed by atoms with Crippen LogP contribution in [0.25, 0.3) is 0 Å². The highest BCUT2D eigenvalue weighted by Crippen LogP contribution is 2.34. The molecule has 0 bridgehead atoms. The number of carbonyl (C=O) groups is 2. The van der Waals surface area contributed by atoms with Crippen molar-refractivity contribution in [2.24, 2.45) is 0 Å². The Balaban J connectivity index is 1.46. The van der Waals surface area contributed by atoms with Crippen molar-refractivity contribution in [2.45, 2.75) is 44.4 Å². The predicted molar refractivity (Wildman–Crippen MR) is 137 cm³/mol. The zero-order valence-electron chi connectivity index (χ0n) is 20.0. The number of aryl methyl sites for hydroxylation is 1. The molecule has 3 aromatic rings. The smallest absolute Gasteiger partial charge is 0.254 e. The van der Waals surface area contributed by atoms with Gasteiger partial charge in [-0.2, -0.15) is 0 Å². The molecule has 1 aromatic heterocycles. The molecule has 0 radical (unpaired) electrons. The number of nitrogens with one attached hydrogen (secondary N) is 1. The van der Waals surface area contributed by atoms with Crippen LogP contribution in [0.15, 0.2) is 47.6 Å². The zero-order chi connectivity index (χ0) is 24.9. The van der Waals surface area contributed by atoms with Crippen LogP contribution in [0.4, 0.5) is 5.69 Å². The van der Waals surface area contributed by atoms with Crippen molar-refractivity contribution in [1.82, 2.24) is 19.7 Å². The van der Waals surface area contributed by atoms with Crippen LogP contribution in [-0.2, 0) is 11.3 Å². The molecule has 35 heavy (non-hydrogen) atoms. The Labute approximate surface area is 214 Å². The number of thioether (sulfide) groups is 1. The highest BCUT2D eigenvalue weighted by Gasteiger charge is 2.34. The Kier molecular flexibility index (Phi) is 7.97. The third-order valence-corrected chi connectivity index (χ3v) is 7.14. The number of rotatable bonds is 8. The average molecular weight is 514 g/mol. The van der Waals surface area contributed by atoms with E-state index in [-0.39, 0.29) is 23.6 Å². The topological polar surface area (TPSA) is 89.3 Å². The van der Waals surface area contributed by atoms with Crippen LogP contribution in [0, 0.1) is 6.92 Å². The minimum atomic E-state index is -0.209. The summed E-state index contributed by atoms with van der Waals surface area (Å²) in [5, 5.41) is 12.8. The van der Waals surface area contributed by atoms with E-state index in [0.29, 0.717) is 40.3 Å². The lowest BCUT2D eigenvalue weighted by molar-refractivity contribution is -0.113. The number of carbonyl (C=O) groups excluding carboxylic acids is 2. The largest absolute Gasteiger partial charge is 0.495 e. The molecule has 1 N–H and O–H groups in total. The molecule has 2 amide bonds. The Hall–Kier alpha value is -3.04. The van der Waals surface area contributed by atoms with Gasteiger partial charge in [-0.15, -0.1) is 10.2 Å². The number of ether oxygens (including phenoxy) is 1. The fraction of sp³-hybridized carbons (Fsp3) is 0.360. The molecule has 1 atom stereocenters. The SMILES string of the molecule is CCn1c(SCC(=O)Nc2cc(Cl)ccc2OC)nnc1C1CCCN1C(=O)c1ccc(C)cc1. The maximum Gasteiger partial charge on any atom is 0.254 e. The van der Waals surface area contributed by atoms with Gasteiger partial charge in [-0.25, -0.2) is 0 Å². The van der Waals surface area contributed by atoms with Crippen molar-refractivity contribution in [3.63, 3.8) is 0 Å². The van der Waals surface area contributed by atoms with Gasteiger partial charge in [0, 0.05) is 23.7 Å². The minimum absolute atomic E-state index is 0.00204. The molecule has 0 saturated carbocycles. The van der Waals surface area contributed by atoms with Crippen LogP contribution in [0.2, 0.25) is 5.02 Å². The Morgan fingerprint density at radius 3 is 2.69 bits per heavy atom. The van der Waals surface area contributed by atoms with Gasteiger partial charge in [0.15, 0.2) is 11.0 Å². The number of aromatic nitrogens is 3. The summed E-state index contributed by atoms with van der Waals surface area (Å²) < 4.78 is 7.28. The van der Waals surface area contributed by atoms with E-state index in [1.165, 1.54) is 18.9 Å². The van der Waals surface area contributed by atoms with Crippen LogP contribution in [0.5, 0.6) is 5.75 Å². The fourth-order valence-corrected chi connectivity index (χ4v) is 5.17. The fourth-order valence-electron chi connectivity index (χ4n) is 4.18. The van der Waals surface area contributed by atoms with Crippen molar-refractivity contribution < 1.29 is 14.3 Å². The molecular formula is C25H28ClN5O3S. The van der Waals surface area contributed by atoms with Gasteiger partial charge in [-0.3, -0.25) is 9.59 Å². The number of benzene rings is 2. The number of anilines is 1. The summed E-state index contributed by atoms with van der Waals surface area (Å²) in [6.07, 6.45) is 1.74. The van der Waals surface area contributed by atoms with Crippen molar-refractivity contribution >= 4 is 40.9 Å². The molecule has 2 aromatic carbocycles. The zero-order valence-corrected chi connectivity index (χ0v) is 21.5. The lowest BCUT2D eigenvalue weighted by Crippen LogP contribution is -2.32. The first-order chi connectivity index (χ1) is 16.9. The predicted octanol–water partition coefficient (Wildman–Crippen LogP) is 4.98. The number of amides is 2. The Morgan fingerprint density at radius 2 is 1.97 bits per heavy atom. The molecule has 1 fully saturated rings. The van der Waals surface area contributed by atoms with Gasteiger partial charge >= 0.3 is 0 Å². The van der Waals surface area contributed by atoms with E-state index in [4.69, 9.17) is 16.3 Å². The number of methoxy groups -OCH3 is 1. The van der Waals surface area contributed by atoms with Gasteiger partial charge in [0.05, 0.1) is 24.6 Å². The van der Waals surface area contributed by atoms with E-state index in [2.05, 4.69) is 15.5 Å². The average Bonchev–Trinajstić information content (AvgIpc) is 3.49. The van der Waals surface area contributed by atoms with E-state index >= 15 is 0 Å². The molecule has 0 aliphatic carbocycles. The van der Waals surface area contributed by atoms with Gasteiger partial charge in [0.2, 0.25) is 5.91 Å². The molecule has 8 nitrogen and oxygen atoms in total. The lowest BCUT2D eigenvalue weighted by Gasteiger charge is -2.24. The normalized spacial score (nSPS) is 15.3. The molecule has 1 unspecified atom stereocenters. The molecule has 1 aliphatic heterocycles. The van der Waals surface area contributed by atoms with Gasteiger partial charge in [-0.1, -0.05) is 41.1 Å². The van der Waals surface area contributed by atoms with Crippen LogP contribution < -0.4 is 10.1 Å². The summed E-state index contributed by atoms with van der Waals surface area (Å²) in [6, 6.07) is 12.5. The monoisotopic (exact) mass is 513 g/mol. The molecular weight excluding hydrogens is 486 g/mol. The van der Waals surface area contributed by atoms with Gasteiger partial charge < -0.3 is 19.5 Å². The standard InChI is InChI=1S/C25H28ClN5O3S/c1-4-30-23(20-6-5-13-31(20)24(33)17-9-7-16(2)8-10-17)28-29-25(30)35-15-22(32)27-19-14-18(26)11-12-21(19)34-3/h7-12,14,20H,4-6,13,15H2,1-3H3,(H,27,32). The summed E-state index contributed by atoms with van der Waals surface area (Å²) >= 11 is 7.36. The molecule has 0 spiro atoms. The van der Waals surface area contributed by atoms with Crippen molar-refractivity contribution in [2.75, 3.05) is 24.7 Å². The second-order valence-electron chi connectivity index (χ2n) is 8.29. The van der Waals surface area contributed by atoms with Gasteiger partial charge in [-0.05, 0) is 57.0 Å². The second kappa shape index (κ2) is 11.1. The van der Waals surface area contributed by atoms with Crippen LogP contribution in [0.1, 0.15) is 47.6 Å². The first kappa shape index (κ1) is 25.1. The van der Waals surface area contributed by atoms with E-state index < -0.39 is 0 Å². The lowest BCUT2D eigenvalue weighted by atomic mass is 10.1. The molecule has 184 valence electrons. The van der Waals surface area contributed by atoms with Crippen molar-refractivity contribution in [1.29, 1.82) is 0 Å². The molecule has 10 heteroatoms.